The average molecular weight is 299 g/mol. The summed E-state index contributed by atoms with van der Waals surface area (Å²) >= 11 is 1.59. The lowest BCUT2D eigenvalue weighted by Crippen LogP contribution is -1.93. The van der Waals surface area contributed by atoms with Crippen LogP contribution in [-0.4, -0.2) is 19.6 Å². The molecule has 3 aromatic rings. The number of phenolic OH excluding ortho intramolecular Hbond substituents is 1. The second kappa shape index (κ2) is 5.07. The van der Waals surface area contributed by atoms with Gasteiger partial charge in [-0.3, -0.25) is 0 Å². The molecule has 4 nitrogen and oxygen atoms in total. The lowest BCUT2D eigenvalue weighted by atomic mass is 10.1. The van der Waals surface area contributed by atoms with E-state index in [-0.39, 0.29) is 0 Å². The minimum atomic E-state index is 0.366. The topological polar surface area (TPSA) is 50.9 Å². The fourth-order valence-electron chi connectivity index (χ4n) is 2.31. The maximum absolute atomic E-state index is 9.84. The number of imidazole rings is 1. The Kier molecular flexibility index (Phi) is 3.37. The third-order valence-corrected chi connectivity index (χ3v) is 4.51. The largest absolute Gasteiger partial charge is 0.507 e. The number of rotatable bonds is 2. The van der Waals surface area contributed by atoms with Crippen LogP contribution in [0.5, 0.6) is 5.75 Å². The minimum absolute atomic E-state index is 0.366. The third kappa shape index (κ3) is 2.49. The van der Waals surface area contributed by atoms with Crippen LogP contribution in [0.4, 0.5) is 0 Å². The minimum Gasteiger partial charge on any atom is -0.507 e. The lowest BCUT2D eigenvalue weighted by Gasteiger charge is -2.07. The standard InChI is InChI=1S/C16H17N3OS/c1-9-7-12(8-10(2)15(9)20)21-14-6-5-13-16(18-14)19(4)11(3)17-13/h5-8,20H,1-4H3. The predicted octanol–water partition coefficient (Wildman–Crippen LogP) is 3.75. The summed E-state index contributed by atoms with van der Waals surface area (Å²) in [6.45, 7) is 5.79. The van der Waals surface area contributed by atoms with E-state index in [1.54, 1.807) is 11.8 Å². The monoisotopic (exact) mass is 299 g/mol. The van der Waals surface area contributed by atoms with Crippen molar-refractivity contribution in [2.24, 2.45) is 7.05 Å². The quantitative estimate of drug-likeness (QED) is 0.783. The Hall–Kier alpha value is -2.01. The Balaban J connectivity index is 2.00. The van der Waals surface area contributed by atoms with Crippen molar-refractivity contribution in [3.63, 3.8) is 0 Å². The number of hydrogen-bond donors (Lipinski definition) is 1. The van der Waals surface area contributed by atoms with E-state index in [1.165, 1.54) is 0 Å². The van der Waals surface area contributed by atoms with Crippen molar-refractivity contribution in [2.45, 2.75) is 30.7 Å². The van der Waals surface area contributed by atoms with Crippen molar-refractivity contribution in [2.75, 3.05) is 0 Å². The zero-order valence-corrected chi connectivity index (χ0v) is 13.3. The molecule has 0 bridgehead atoms. The summed E-state index contributed by atoms with van der Waals surface area (Å²) in [7, 11) is 1.97. The summed E-state index contributed by atoms with van der Waals surface area (Å²) in [5.74, 6) is 1.32. The van der Waals surface area contributed by atoms with Crippen molar-refractivity contribution in [1.82, 2.24) is 14.5 Å². The highest BCUT2D eigenvalue weighted by Crippen LogP contribution is 2.32. The van der Waals surface area contributed by atoms with Crippen LogP contribution in [0.2, 0.25) is 0 Å². The van der Waals surface area contributed by atoms with Crippen LogP contribution in [0.1, 0.15) is 17.0 Å². The molecule has 0 amide bonds. The molecular weight excluding hydrogens is 282 g/mol. The number of nitrogens with zero attached hydrogens (tertiary/aromatic N) is 3. The van der Waals surface area contributed by atoms with Crippen LogP contribution in [-0.2, 0) is 7.05 Å². The molecule has 2 aromatic heterocycles. The van der Waals surface area contributed by atoms with E-state index in [9.17, 15) is 5.11 Å². The van der Waals surface area contributed by atoms with Crippen LogP contribution < -0.4 is 0 Å². The van der Waals surface area contributed by atoms with Gasteiger partial charge in [-0.15, -0.1) is 0 Å². The summed E-state index contributed by atoms with van der Waals surface area (Å²) in [6, 6.07) is 7.94. The van der Waals surface area contributed by atoms with Crippen LogP contribution in [0, 0.1) is 20.8 Å². The SMILES string of the molecule is Cc1cc(Sc2ccc3nc(C)n(C)c3n2)cc(C)c1O. The molecule has 0 fully saturated rings. The van der Waals surface area contributed by atoms with E-state index in [0.717, 1.165) is 38.0 Å². The first-order valence-electron chi connectivity index (χ1n) is 6.74. The van der Waals surface area contributed by atoms with E-state index in [1.807, 2.05) is 56.7 Å². The molecule has 1 N–H and O–H groups in total. The van der Waals surface area contributed by atoms with Crippen molar-refractivity contribution in [1.29, 1.82) is 0 Å². The molecule has 0 aliphatic heterocycles. The maximum Gasteiger partial charge on any atom is 0.161 e. The van der Waals surface area contributed by atoms with Gasteiger partial charge in [0.05, 0.1) is 0 Å². The highest BCUT2D eigenvalue weighted by atomic mass is 32.2. The summed E-state index contributed by atoms with van der Waals surface area (Å²) in [4.78, 5) is 10.2. The van der Waals surface area contributed by atoms with Crippen LogP contribution >= 0.6 is 11.8 Å². The number of pyridine rings is 1. The summed E-state index contributed by atoms with van der Waals surface area (Å²) in [5, 5.41) is 10.8. The van der Waals surface area contributed by atoms with Crippen molar-refractivity contribution in [3.05, 3.63) is 41.2 Å². The van der Waals surface area contributed by atoms with E-state index >= 15 is 0 Å². The number of fused-ring (bicyclic) bond motifs is 1. The molecule has 0 atom stereocenters. The molecule has 0 aliphatic rings. The molecule has 0 saturated carbocycles. The first-order valence-corrected chi connectivity index (χ1v) is 7.55. The van der Waals surface area contributed by atoms with E-state index in [4.69, 9.17) is 0 Å². The number of aryl methyl sites for hydroxylation is 4. The Morgan fingerprint density at radius 3 is 2.38 bits per heavy atom. The maximum atomic E-state index is 9.84. The van der Waals surface area contributed by atoms with Gasteiger partial charge in [0, 0.05) is 11.9 Å². The number of phenols is 1. The van der Waals surface area contributed by atoms with Gasteiger partial charge >= 0.3 is 0 Å². The van der Waals surface area contributed by atoms with Gasteiger partial charge in [0.15, 0.2) is 5.65 Å². The second-order valence-electron chi connectivity index (χ2n) is 5.22. The van der Waals surface area contributed by atoms with Gasteiger partial charge in [0.1, 0.15) is 22.1 Å². The lowest BCUT2D eigenvalue weighted by molar-refractivity contribution is 0.466. The zero-order valence-electron chi connectivity index (χ0n) is 12.5. The molecule has 0 radical (unpaired) electrons. The molecule has 3 rings (SSSR count). The molecule has 1 aromatic carbocycles. The first kappa shape index (κ1) is 13.9. The van der Waals surface area contributed by atoms with Gasteiger partial charge in [-0.25, -0.2) is 9.97 Å². The van der Waals surface area contributed by atoms with Gasteiger partial charge < -0.3 is 9.67 Å². The Labute approximate surface area is 127 Å². The molecule has 0 saturated heterocycles. The number of aromatic nitrogens is 3. The fraction of sp³-hybridized carbons (Fsp3) is 0.250. The molecule has 2 heterocycles. The summed E-state index contributed by atoms with van der Waals surface area (Å²) in [6.07, 6.45) is 0. The third-order valence-electron chi connectivity index (χ3n) is 3.60. The Morgan fingerprint density at radius 1 is 1.05 bits per heavy atom. The molecular formula is C16H17N3OS. The summed E-state index contributed by atoms with van der Waals surface area (Å²) in [5.41, 5.74) is 3.58. The number of hydrogen-bond acceptors (Lipinski definition) is 4. The highest BCUT2D eigenvalue weighted by molar-refractivity contribution is 7.99. The van der Waals surface area contributed by atoms with E-state index < -0.39 is 0 Å². The van der Waals surface area contributed by atoms with Crippen molar-refractivity contribution in [3.8, 4) is 5.75 Å². The van der Waals surface area contributed by atoms with E-state index in [0.29, 0.717) is 5.75 Å². The van der Waals surface area contributed by atoms with Crippen LogP contribution in [0.15, 0.2) is 34.2 Å². The predicted molar refractivity (Wildman–Crippen MR) is 84.9 cm³/mol. The van der Waals surface area contributed by atoms with Gasteiger partial charge in [0.2, 0.25) is 0 Å². The Morgan fingerprint density at radius 2 is 1.71 bits per heavy atom. The van der Waals surface area contributed by atoms with Gasteiger partial charge in [-0.1, -0.05) is 11.8 Å². The van der Waals surface area contributed by atoms with Gasteiger partial charge in [-0.2, -0.15) is 0 Å². The zero-order chi connectivity index (χ0) is 15.1. The van der Waals surface area contributed by atoms with Crippen molar-refractivity contribution < 1.29 is 5.11 Å². The molecule has 0 unspecified atom stereocenters. The molecule has 5 heteroatoms. The fourth-order valence-corrected chi connectivity index (χ4v) is 3.29. The van der Waals surface area contributed by atoms with Crippen LogP contribution in [0.3, 0.4) is 0 Å². The average Bonchev–Trinajstić information content (AvgIpc) is 2.72. The Bertz CT molecular complexity index is 816. The highest BCUT2D eigenvalue weighted by Gasteiger charge is 2.09. The number of benzene rings is 1. The smallest absolute Gasteiger partial charge is 0.161 e. The molecule has 0 spiro atoms. The van der Waals surface area contributed by atoms with Crippen LogP contribution in [0.25, 0.3) is 11.2 Å². The summed E-state index contributed by atoms with van der Waals surface area (Å²) < 4.78 is 1.99. The molecule has 0 aliphatic carbocycles. The normalized spacial score (nSPS) is 11.2. The number of aromatic hydroxyl groups is 1. The second-order valence-corrected chi connectivity index (χ2v) is 6.31. The molecule has 21 heavy (non-hydrogen) atoms. The van der Waals surface area contributed by atoms with Crippen molar-refractivity contribution >= 4 is 22.9 Å². The first-order chi connectivity index (χ1) is 9.95. The molecule has 108 valence electrons. The van der Waals surface area contributed by atoms with E-state index in [2.05, 4.69) is 9.97 Å². The van der Waals surface area contributed by atoms with Gasteiger partial charge in [-0.05, 0) is 56.2 Å². The van der Waals surface area contributed by atoms with Gasteiger partial charge in [0.25, 0.3) is 0 Å².